The van der Waals surface area contributed by atoms with Gasteiger partial charge >= 0.3 is 0 Å². The van der Waals surface area contributed by atoms with Crippen LogP contribution in [-0.4, -0.2) is 49.0 Å². The van der Waals surface area contributed by atoms with Gasteiger partial charge in [-0.05, 0) is 35.9 Å². The number of carbonyl (C=O) groups excluding carboxylic acids is 1. The molecule has 5 heteroatoms. The first-order chi connectivity index (χ1) is 15.2. The molecule has 1 aliphatic heterocycles. The fourth-order valence-corrected chi connectivity index (χ4v) is 3.84. The Labute approximate surface area is 183 Å². The molecule has 1 saturated heterocycles. The van der Waals surface area contributed by atoms with Crippen molar-refractivity contribution < 1.29 is 14.3 Å². The predicted molar refractivity (Wildman–Crippen MR) is 121 cm³/mol. The van der Waals surface area contributed by atoms with Crippen LogP contribution in [0, 0.1) is 0 Å². The molecule has 0 aliphatic carbocycles. The van der Waals surface area contributed by atoms with Gasteiger partial charge in [-0.2, -0.15) is 0 Å². The van der Waals surface area contributed by atoms with Crippen molar-refractivity contribution >= 4 is 5.91 Å². The molecule has 0 radical (unpaired) electrons. The number of hydrogen-bond donors (Lipinski definition) is 0. The van der Waals surface area contributed by atoms with Gasteiger partial charge in [-0.25, -0.2) is 0 Å². The van der Waals surface area contributed by atoms with Gasteiger partial charge in [-0.1, -0.05) is 48.5 Å². The van der Waals surface area contributed by atoms with E-state index in [-0.39, 0.29) is 5.91 Å². The second-order valence-electron chi connectivity index (χ2n) is 7.68. The van der Waals surface area contributed by atoms with Crippen LogP contribution in [0.3, 0.4) is 0 Å². The molecule has 3 aromatic rings. The third-order valence-corrected chi connectivity index (χ3v) is 5.57. The van der Waals surface area contributed by atoms with Gasteiger partial charge < -0.3 is 14.4 Å². The Morgan fingerprint density at radius 3 is 2.23 bits per heavy atom. The second-order valence-corrected chi connectivity index (χ2v) is 7.68. The fourth-order valence-electron chi connectivity index (χ4n) is 3.84. The number of nitrogens with zero attached hydrogens (tertiary/aromatic N) is 2. The summed E-state index contributed by atoms with van der Waals surface area (Å²) in [6, 6.07) is 25.7. The van der Waals surface area contributed by atoms with Crippen molar-refractivity contribution in [3.05, 3.63) is 95.6 Å². The Morgan fingerprint density at radius 2 is 1.55 bits per heavy atom. The molecule has 0 saturated carbocycles. The van der Waals surface area contributed by atoms with Crippen molar-refractivity contribution in [3.8, 4) is 11.5 Å². The molecule has 0 atom stereocenters. The van der Waals surface area contributed by atoms with Crippen LogP contribution < -0.4 is 9.47 Å². The van der Waals surface area contributed by atoms with Crippen LogP contribution in [0.2, 0.25) is 0 Å². The predicted octanol–water partition coefficient (Wildman–Crippen LogP) is 4.23. The molecule has 3 aromatic carbocycles. The number of rotatable bonds is 7. The fraction of sp³-hybridized carbons (Fsp3) is 0.269. The Morgan fingerprint density at radius 1 is 0.871 bits per heavy atom. The zero-order valence-corrected chi connectivity index (χ0v) is 17.9. The third-order valence-electron chi connectivity index (χ3n) is 5.57. The summed E-state index contributed by atoms with van der Waals surface area (Å²) >= 11 is 0. The quantitative estimate of drug-likeness (QED) is 0.578. The minimum absolute atomic E-state index is 0.0583. The molecular weight excluding hydrogens is 388 g/mol. The van der Waals surface area contributed by atoms with Gasteiger partial charge in [0.15, 0.2) is 0 Å². The number of ether oxygens (including phenoxy) is 2. The average Bonchev–Trinajstić information content (AvgIpc) is 2.84. The molecule has 0 aromatic heterocycles. The van der Waals surface area contributed by atoms with E-state index in [0.29, 0.717) is 12.2 Å². The van der Waals surface area contributed by atoms with Gasteiger partial charge in [0.2, 0.25) is 0 Å². The van der Waals surface area contributed by atoms with Crippen molar-refractivity contribution in [2.24, 2.45) is 0 Å². The summed E-state index contributed by atoms with van der Waals surface area (Å²) in [6.07, 6.45) is 0. The van der Waals surface area contributed by atoms with E-state index in [1.807, 2.05) is 59.5 Å². The largest absolute Gasteiger partial charge is 0.496 e. The van der Waals surface area contributed by atoms with Crippen LogP contribution in [0.15, 0.2) is 78.9 Å². The SMILES string of the molecule is COc1ccc(C(=O)N2CCN(Cc3ccccc3)CC2)cc1COc1ccccc1. The maximum absolute atomic E-state index is 13.1. The highest BCUT2D eigenvalue weighted by Gasteiger charge is 2.23. The van der Waals surface area contributed by atoms with Crippen molar-refractivity contribution in [1.29, 1.82) is 0 Å². The van der Waals surface area contributed by atoms with E-state index in [0.717, 1.165) is 49.8 Å². The van der Waals surface area contributed by atoms with Crippen LogP contribution in [0.25, 0.3) is 0 Å². The summed E-state index contributed by atoms with van der Waals surface area (Å²) < 4.78 is 11.3. The zero-order chi connectivity index (χ0) is 21.5. The molecule has 1 aliphatic rings. The minimum atomic E-state index is 0.0583. The Balaban J connectivity index is 1.38. The standard InChI is InChI=1S/C26H28N2O3/c1-30-25-13-12-22(18-23(25)20-31-24-10-6-3-7-11-24)26(29)28-16-14-27(15-17-28)19-21-8-4-2-5-9-21/h2-13,18H,14-17,19-20H2,1H3. The normalized spacial score (nSPS) is 14.3. The van der Waals surface area contributed by atoms with E-state index >= 15 is 0 Å². The molecular formula is C26H28N2O3. The lowest BCUT2D eigenvalue weighted by Gasteiger charge is -2.35. The van der Waals surface area contributed by atoms with Gasteiger partial charge in [0.1, 0.15) is 18.1 Å². The molecule has 1 heterocycles. The number of benzene rings is 3. The second kappa shape index (κ2) is 10.1. The van der Waals surface area contributed by atoms with E-state index in [1.54, 1.807) is 7.11 Å². The lowest BCUT2D eigenvalue weighted by molar-refractivity contribution is 0.0628. The number of hydrogen-bond acceptors (Lipinski definition) is 4. The molecule has 1 amide bonds. The lowest BCUT2D eigenvalue weighted by atomic mass is 10.1. The molecule has 5 nitrogen and oxygen atoms in total. The molecule has 160 valence electrons. The highest BCUT2D eigenvalue weighted by atomic mass is 16.5. The van der Waals surface area contributed by atoms with Crippen LogP contribution in [0.5, 0.6) is 11.5 Å². The summed E-state index contributed by atoms with van der Waals surface area (Å²) in [5.41, 5.74) is 2.84. The van der Waals surface area contributed by atoms with Gasteiger partial charge in [0.05, 0.1) is 7.11 Å². The summed E-state index contributed by atoms with van der Waals surface area (Å²) in [7, 11) is 1.63. The van der Waals surface area contributed by atoms with Gasteiger partial charge in [0.25, 0.3) is 5.91 Å². The smallest absolute Gasteiger partial charge is 0.253 e. The van der Waals surface area contributed by atoms with E-state index < -0.39 is 0 Å². The monoisotopic (exact) mass is 416 g/mol. The number of methoxy groups -OCH3 is 1. The summed E-state index contributed by atoms with van der Waals surface area (Å²) in [5.74, 6) is 1.57. The average molecular weight is 417 g/mol. The molecule has 31 heavy (non-hydrogen) atoms. The van der Waals surface area contributed by atoms with Crippen molar-refractivity contribution in [2.45, 2.75) is 13.2 Å². The van der Waals surface area contributed by atoms with Crippen LogP contribution in [0.4, 0.5) is 0 Å². The summed E-state index contributed by atoms with van der Waals surface area (Å²) in [6.45, 7) is 4.48. The minimum Gasteiger partial charge on any atom is -0.496 e. The summed E-state index contributed by atoms with van der Waals surface area (Å²) in [4.78, 5) is 17.4. The highest BCUT2D eigenvalue weighted by molar-refractivity contribution is 5.94. The van der Waals surface area contributed by atoms with Crippen LogP contribution >= 0.6 is 0 Å². The molecule has 0 N–H and O–H groups in total. The van der Waals surface area contributed by atoms with Crippen molar-refractivity contribution in [1.82, 2.24) is 9.80 Å². The highest BCUT2D eigenvalue weighted by Crippen LogP contribution is 2.23. The maximum atomic E-state index is 13.1. The van der Waals surface area contributed by atoms with Crippen molar-refractivity contribution in [2.75, 3.05) is 33.3 Å². The lowest BCUT2D eigenvalue weighted by Crippen LogP contribution is -2.48. The first kappa shape index (κ1) is 20.9. The first-order valence-electron chi connectivity index (χ1n) is 10.6. The number of amides is 1. The van der Waals surface area contributed by atoms with Crippen LogP contribution in [-0.2, 0) is 13.2 Å². The maximum Gasteiger partial charge on any atom is 0.253 e. The molecule has 4 rings (SSSR count). The molecule has 0 spiro atoms. The summed E-state index contributed by atoms with van der Waals surface area (Å²) in [5, 5.41) is 0. The number of para-hydroxylation sites is 1. The van der Waals surface area contributed by atoms with Crippen LogP contribution in [0.1, 0.15) is 21.5 Å². The zero-order valence-electron chi connectivity index (χ0n) is 17.9. The number of piperazine rings is 1. The van der Waals surface area contributed by atoms with E-state index in [1.165, 1.54) is 5.56 Å². The van der Waals surface area contributed by atoms with E-state index in [2.05, 4.69) is 29.2 Å². The van der Waals surface area contributed by atoms with Gasteiger partial charge in [-0.15, -0.1) is 0 Å². The molecule has 1 fully saturated rings. The first-order valence-corrected chi connectivity index (χ1v) is 10.6. The Kier molecular flexibility index (Phi) is 6.85. The van der Waals surface area contributed by atoms with Gasteiger partial charge in [0, 0.05) is 43.9 Å². The van der Waals surface area contributed by atoms with Crippen molar-refractivity contribution in [3.63, 3.8) is 0 Å². The van der Waals surface area contributed by atoms with E-state index in [4.69, 9.17) is 9.47 Å². The third kappa shape index (κ3) is 5.44. The Hall–Kier alpha value is -3.31. The molecule has 0 bridgehead atoms. The topological polar surface area (TPSA) is 42.0 Å². The number of carbonyl (C=O) groups is 1. The van der Waals surface area contributed by atoms with Gasteiger partial charge in [-0.3, -0.25) is 9.69 Å². The van der Waals surface area contributed by atoms with E-state index in [9.17, 15) is 4.79 Å². The Bertz CT molecular complexity index is 984. The molecule has 0 unspecified atom stereocenters.